The van der Waals surface area contributed by atoms with Crippen LogP contribution >= 0.6 is 0 Å². The first-order chi connectivity index (χ1) is 8.45. The minimum atomic E-state index is -0.550. The normalized spacial score (nSPS) is 11.9. The van der Waals surface area contributed by atoms with Crippen molar-refractivity contribution in [3.8, 4) is 0 Å². The van der Waals surface area contributed by atoms with Gasteiger partial charge in [0.05, 0.1) is 29.3 Å². The number of aryl methyl sites for hydroxylation is 1. The molecular formula is C11H16N4O3. The van der Waals surface area contributed by atoms with E-state index in [2.05, 4.69) is 17.0 Å². The molecule has 0 aromatic carbocycles. The number of carbonyl (C=O) groups is 1. The van der Waals surface area contributed by atoms with Gasteiger partial charge in [-0.15, -0.1) is 6.58 Å². The van der Waals surface area contributed by atoms with E-state index in [9.17, 15) is 14.9 Å². The molecule has 0 aliphatic rings. The molecule has 0 fully saturated rings. The molecule has 1 N–H and O–H groups in total. The predicted octanol–water partition coefficient (Wildman–Crippen LogP) is 1.04. The molecule has 7 heteroatoms. The number of nitrogens with zero attached hydrogens (tertiary/aromatic N) is 3. The fraction of sp³-hybridized carbons (Fsp3) is 0.455. The maximum Gasteiger partial charge on any atom is 0.390 e. The largest absolute Gasteiger partial charge is 0.390 e. The first-order valence-electron chi connectivity index (χ1n) is 5.53. The fourth-order valence-corrected chi connectivity index (χ4v) is 1.46. The Labute approximate surface area is 105 Å². The van der Waals surface area contributed by atoms with E-state index in [1.165, 1.54) is 10.7 Å². The Morgan fingerprint density at radius 2 is 2.44 bits per heavy atom. The van der Waals surface area contributed by atoms with Crippen molar-refractivity contribution in [1.82, 2.24) is 15.1 Å². The van der Waals surface area contributed by atoms with Crippen LogP contribution in [0, 0.1) is 23.0 Å². The van der Waals surface area contributed by atoms with Gasteiger partial charge < -0.3 is 15.4 Å². The standard InChI is InChI=1S/C11H16N4O3/c1-4-5-12-11(16)8(2)7-14-9(3)6-10(13-14)15(17)18/h4,6,8H,1,5,7H2,2-3H3,(H,12,16). The molecule has 0 bridgehead atoms. The zero-order valence-corrected chi connectivity index (χ0v) is 10.4. The molecule has 7 nitrogen and oxygen atoms in total. The van der Waals surface area contributed by atoms with Gasteiger partial charge >= 0.3 is 5.82 Å². The topological polar surface area (TPSA) is 90.1 Å². The van der Waals surface area contributed by atoms with Crippen LogP contribution in [0.4, 0.5) is 5.82 Å². The highest BCUT2D eigenvalue weighted by molar-refractivity contribution is 5.78. The lowest BCUT2D eigenvalue weighted by molar-refractivity contribution is -0.389. The van der Waals surface area contributed by atoms with Gasteiger partial charge in [0.25, 0.3) is 0 Å². The second-order valence-electron chi connectivity index (χ2n) is 4.02. The average molecular weight is 252 g/mol. The van der Waals surface area contributed by atoms with Gasteiger partial charge in [0.1, 0.15) is 0 Å². The smallest absolute Gasteiger partial charge is 0.358 e. The fourth-order valence-electron chi connectivity index (χ4n) is 1.46. The third-order valence-corrected chi connectivity index (χ3v) is 2.47. The summed E-state index contributed by atoms with van der Waals surface area (Å²) in [4.78, 5) is 21.6. The van der Waals surface area contributed by atoms with Crippen LogP contribution in [0.25, 0.3) is 0 Å². The average Bonchev–Trinajstić information content (AvgIpc) is 2.68. The van der Waals surface area contributed by atoms with E-state index < -0.39 is 4.92 Å². The zero-order chi connectivity index (χ0) is 13.7. The third kappa shape index (κ3) is 3.41. The quantitative estimate of drug-likeness (QED) is 0.465. The van der Waals surface area contributed by atoms with Crippen molar-refractivity contribution in [2.75, 3.05) is 6.54 Å². The lowest BCUT2D eigenvalue weighted by atomic mass is 10.1. The van der Waals surface area contributed by atoms with Gasteiger partial charge in [-0.25, -0.2) is 0 Å². The van der Waals surface area contributed by atoms with Crippen LogP contribution in [0.2, 0.25) is 0 Å². The van der Waals surface area contributed by atoms with Crippen LogP contribution in [0.5, 0.6) is 0 Å². The molecule has 1 atom stereocenters. The highest BCUT2D eigenvalue weighted by atomic mass is 16.6. The Bertz CT molecular complexity index is 467. The molecule has 1 rings (SSSR count). The molecule has 1 aromatic rings. The molecule has 98 valence electrons. The highest BCUT2D eigenvalue weighted by Crippen LogP contribution is 2.12. The van der Waals surface area contributed by atoms with E-state index in [1.807, 2.05) is 0 Å². The van der Waals surface area contributed by atoms with Crippen molar-refractivity contribution < 1.29 is 9.72 Å². The van der Waals surface area contributed by atoms with E-state index in [4.69, 9.17) is 0 Å². The Balaban J connectivity index is 2.69. The van der Waals surface area contributed by atoms with Crippen LogP contribution < -0.4 is 5.32 Å². The molecule has 0 spiro atoms. The summed E-state index contributed by atoms with van der Waals surface area (Å²) < 4.78 is 1.47. The predicted molar refractivity (Wildman–Crippen MR) is 66.0 cm³/mol. The number of aromatic nitrogens is 2. The molecule has 1 aromatic heterocycles. The maximum atomic E-state index is 11.6. The van der Waals surface area contributed by atoms with Crippen molar-refractivity contribution >= 4 is 11.7 Å². The van der Waals surface area contributed by atoms with Gasteiger partial charge in [-0.2, -0.15) is 4.68 Å². The van der Waals surface area contributed by atoms with E-state index in [0.29, 0.717) is 18.8 Å². The maximum absolute atomic E-state index is 11.6. The third-order valence-electron chi connectivity index (χ3n) is 2.47. The Hall–Kier alpha value is -2.18. The summed E-state index contributed by atoms with van der Waals surface area (Å²) in [5.41, 5.74) is 0.657. The molecular weight excluding hydrogens is 236 g/mol. The summed E-state index contributed by atoms with van der Waals surface area (Å²) in [6.07, 6.45) is 1.59. The van der Waals surface area contributed by atoms with Gasteiger partial charge in [0.15, 0.2) is 0 Å². The monoisotopic (exact) mass is 252 g/mol. The first kappa shape index (κ1) is 13.9. The minimum absolute atomic E-state index is 0.132. The van der Waals surface area contributed by atoms with E-state index in [0.717, 1.165) is 0 Å². The summed E-state index contributed by atoms with van der Waals surface area (Å²) in [5.74, 6) is -0.651. The number of amides is 1. The number of nitro groups is 1. The molecule has 1 heterocycles. The summed E-state index contributed by atoms with van der Waals surface area (Å²) >= 11 is 0. The Morgan fingerprint density at radius 1 is 1.78 bits per heavy atom. The molecule has 1 amide bonds. The summed E-state index contributed by atoms with van der Waals surface area (Å²) in [5, 5.41) is 17.1. The molecule has 0 radical (unpaired) electrons. The Kier molecular flexibility index (Phi) is 4.59. The van der Waals surface area contributed by atoms with Crippen molar-refractivity contribution in [3.63, 3.8) is 0 Å². The number of carbonyl (C=O) groups excluding carboxylic acids is 1. The zero-order valence-electron chi connectivity index (χ0n) is 10.4. The molecule has 0 saturated heterocycles. The van der Waals surface area contributed by atoms with Crippen LogP contribution in [0.1, 0.15) is 12.6 Å². The van der Waals surface area contributed by atoms with Crippen molar-refractivity contribution in [1.29, 1.82) is 0 Å². The van der Waals surface area contributed by atoms with Gasteiger partial charge in [-0.05, 0) is 11.8 Å². The molecule has 0 saturated carbocycles. The van der Waals surface area contributed by atoms with Crippen LogP contribution in [0.15, 0.2) is 18.7 Å². The van der Waals surface area contributed by atoms with E-state index in [1.54, 1.807) is 19.9 Å². The lowest BCUT2D eigenvalue weighted by Crippen LogP contribution is -2.32. The minimum Gasteiger partial charge on any atom is -0.358 e. The lowest BCUT2D eigenvalue weighted by Gasteiger charge is -2.10. The number of hydrogen-bond acceptors (Lipinski definition) is 4. The summed E-state index contributed by atoms with van der Waals surface area (Å²) in [6.45, 7) is 7.68. The molecule has 1 unspecified atom stereocenters. The van der Waals surface area contributed by atoms with Crippen LogP contribution in [-0.4, -0.2) is 27.2 Å². The number of rotatable bonds is 6. The van der Waals surface area contributed by atoms with Crippen LogP contribution in [-0.2, 0) is 11.3 Å². The second-order valence-corrected chi connectivity index (χ2v) is 4.02. The molecule has 0 aliphatic heterocycles. The SMILES string of the molecule is C=CCNC(=O)C(C)Cn1nc([N+](=O)[O-])cc1C. The van der Waals surface area contributed by atoms with Crippen LogP contribution in [0.3, 0.4) is 0 Å². The summed E-state index contributed by atoms with van der Waals surface area (Å²) in [7, 11) is 0. The van der Waals surface area contributed by atoms with Gasteiger partial charge in [0.2, 0.25) is 5.91 Å². The second kappa shape index (κ2) is 5.95. The number of hydrogen-bond donors (Lipinski definition) is 1. The van der Waals surface area contributed by atoms with Gasteiger partial charge in [-0.3, -0.25) is 4.79 Å². The highest BCUT2D eigenvalue weighted by Gasteiger charge is 2.20. The van der Waals surface area contributed by atoms with Crippen molar-refractivity contribution in [3.05, 3.63) is 34.5 Å². The van der Waals surface area contributed by atoms with Gasteiger partial charge in [-0.1, -0.05) is 13.0 Å². The first-order valence-corrected chi connectivity index (χ1v) is 5.53. The number of nitrogens with one attached hydrogen (secondary N) is 1. The van der Waals surface area contributed by atoms with E-state index >= 15 is 0 Å². The molecule has 18 heavy (non-hydrogen) atoms. The Morgan fingerprint density at radius 3 is 2.94 bits per heavy atom. The molecule has 0 aliphatic carbocycles. The van der Waals surface area contributed by atoms with Crippen molar-refractivity contribution in [2.45, 2.75) is 20.4 Å². The van der Waals surface area contributed by atoms with Crippen molar-refractivity contribution in [2.24, 2.45) is 5.92 Å². The van der Waals surface area contributed by atoms with E-state index in [-0.39, 0.29) is 17.6 Å². The van der Waals surface area contributed by atoms with Gasteiger partial charge in [0, 0.05) is 6.54 Å². The summed E-state index contributed by atoms with van der Waals surface area (Å²) in [6, 6.07) is 1.38.